The van der Waals surface area contributed by atoms with Gasteiger partial charge in [0.05, 0.1) is 19.2 Å². The first-order chi connectivity index (χ1) is 12.2. The van der Waals surface area contributed by atoms with Gasteiger partial charge >= 0.3 is 0 Å². The van der Waals surface area contributed by atoms with Crippen molar-refractivity contribution < 1.29 is 13.9 Å². The Hall–Kier alpha value is -2.27. The first-order valence-corrected chi connectivity index (χ1v) is 8.87. The Bertz CT molecular complexity index is 700. The second kappa shape index (κ2) is 7.74. The lowest BCUT2D eigenvalue weighted by Crippen LogP contribution is -2.42. The summed E-state index contributed by atoms with van der Waals surface area (Å²) in [5.41, 5.74) is 7.32. The predicted octanol–water partition coefficient (Wildman–Crippen LogP) is 3.38. The molecule has 0 spiro atoms. The zero-order chi connectivity index (χ0) is 17.7. The van der Waals surface area contributed by atoms with Crippen LogP contribution in [0.4, 0.5) is 0 Å². The molecular formula is C20H26N2O3. The minimum absolute atomic E-state index is 0.0133. The van der Waals surface area contributed by atoms with Crippen molar-refractivity contribution in [2.75, 3.05) is 13.7 Å². The van der Waals surface area contributed by atoms with E-state index in [-0.39, 0.29) is 11.3 Å². The van der Waals surface area contributed by atoms with Crippen LogP contribution < -0.4 is 15.8 Å². The smallest absolute Gasteiger partial charge is 0.254 e. The van der Waals surface area contributed by atoms with E-state index in [4.69, 9.17) is 14.9 Å². The van der Waals surface area contributed by atoms with E-state index in [1.54, 1.807) is 13.2 Å². The number of nitrogens with one attached hydrogen (secondary N) is 1. The topological polar surface area (TPSA) is 77.5 Å². The fourth-order valence-corrected chi connectivity index (χ4v) is 3.70. The first-order valence-electron chi connectivity index (χ1n) is 8.87. The molecule has 2 aromatic rings. The van der Waals surface area contributed by atoms with E-state index in [0.717, 1.165) is 18.6 Å². The zero-order valence-electron chi connectivity index (χ0n) is 14.7. The molecule has 1 aromatic carbocycles. The van der Waals surface area contributed by atoms with Gasteiger partial charge in [-0.05, 0) is 36.6 Å². The van der Waals surface area contributed by atoms with Crippen LogP contribution in [0.15, 0.2) is 41.0 Å². The Morgan fingerprint density at radius 3 is 2.56 bits per heavy atom. The van der Waals surface area contributed by atoms with Crippen LogP contribution in [-0.4, -0.2) is 19.6 Å². The van der Waals surface area contributed by atoms with Gasteiger partial charge in [-0.15, -0.1) is 0 Å². The number of amides is 1. The van der Waals surface area contributed by atoms with E-state index < -0.39 is 0 Å². The summed E-state index contributed by atoms with van der Waals surface area (Å²) in [4.78, 5) is 12.5. The van der Waals surface area contributed by atoms with Crippen molar-refractivity contribution in [1.29, 1.82) is 0 Å². The van der Waals surface area contributed by atoms with E-state index in [9.17, 15) is 4.79 Å². The van der Waals surface area contributed by atoms with Crippen molar-refractivity contribution >= 4 is 5.91 Å². The standard InChI is InChI=1S/C20H26N2O3/c1-24-17-7-5-16(6-8-17)20(9-3-2-4-10-20)14-22-19(23)15-11-18(12-21)25-13-15/h5-8,11,13H,2-4,9-10,12,14,21H2,1H3,(H,22,23). The fourth-order valence-electron chi connectivity index (χ4n) is 3.70. The molecule has 0 saturated heterocycles. The summed E-state index contributed by atoms with van der Waals surface area (Å²) in [5.74, 6) is 1.36. The summed E-state index contributed by atoms with van der Waals surface area (Å²) in [5, 5.41) is 3.10. The molecule has 1 aromatic heterocycles. The van der Waals surface area contributed by atoms with E-state index in [0.29, 0.717) is 24.4 Å². The maximum absolute atomic E-state index is 12.5. The van der Waals surface area contributed by atoms with Gasteiger partial charge in [-0.2, -0.15) is 0 Å². The monoisotopic (exact) mass is 342 g/mol. The van der Waals surface area contributed by atoms with Crippen LogP contribution in [0.5, 0.6) is 5.75 Å². The SMILES string of the molecule is COc1ccc(C2(CNC(=O)c3coc(CN)c3)CCCCC2)cc1. The predicted molar refractivity (Wildman–Crippen MR) is 96.7 cm³/mol. The van der Waals surface area contributed by atoms with Gasteiger partial charge < -0.3 is 20.2 Å². The second-order valence-electron chi connectivity index (χ2n) is 6.76. The lowest BCUT2D eigenvalue weighted by Gasteiger charge is -2.38. The van der Waals surface area contributed by atoms with Crippen LogP contribution in [0.3, 0.4) is 0 Å². The Labute approximate surface area is 148 Å². The Kier molecular flexibility index (Phi) is 5.43. The summed E-state index contributed by atoms with van der Waals surface area (Å²) >= 11 is 0. The molecule has 1 saturated carbocycles. The van der Waals surface area contributed by atoms with Gasteiger partial charge in [-0.25, -0.2) is 0 Å². The number of rotatable bonds is 6. The van der Waals surface area contributed by atoms with Gasteiger partial charge in [0.25, 0.3) is 5.91 Å². The zero-order valence-corrected chi connectivity index (χ0v) is 14.7. The van der Waals surface area contributed by atoms with Crippen LogP contribution >= 0.6 is 0 Å². The Balaban J connectivity index is 1.75. The van der Waals surface area contributed by atoms with Gasteiger partial charge in [0.2, 0.25) is 0 Å². The number of hydrogen-bond donors (Lipinski definition) is 2. The average Bonchev–Trinajstić information content (AvgIpc) is 3.16. The minimum atomic E-state index is -0.109. The fraction of sp³-hybridized carbons (Fsp3) is 0.450. The van der Waals surface area contributed by atoms with Crippen LogP contribution in [0, 0.1) is 0 Å². The molecular weight excluding hydrogens is 316 g/mol. The highest BCUT2D eigenvalue weighted by Gasteiger charge is 2.34. The lowest BCUT2D eigenvalue weighted by atomic mass is 9.69. The lowest BCUT2D eigenvalue weighted by molar-refractivity contribution is 0.0936. The van der Waals surface area contributed by atoms with Crippen LogP contribution in [0.25, 0.3) is 0 Å². The third kappa shape index (κ3) is 3.87. The second-order valence-corrected chi connectivity index (χ2v) is 6.76. The number of nitrogens with two attached hydrogens (primary N) is 1. The van der Waals surface area contributed by atoms with Crippen molar-refractivity contribution in [2.24, 2.45) is 5.73 Å². The number of methoxy groups -OCH3 is 1. The molecule has 0 radical (unpaired) electrons. The Morgan fingerprint density at radius 2 is 1.96 bits per heavy atom. The van der Waals surface area contributed by atoms with Crippen LogP contribution in [-0.2, 0) is 12.0 Å². The van der Waals surface area contributed by atoms with Gasteiger partial charge in [-0.1, -0.05) is 31.4 Å². The maximum Gasteiger partial charge on any atom is 0.254 e. The number of benzene rings is 1. The summed E-state index contributed by atoms with van der Waals surface area (Å²) in [7, 11) is 1.67. The molecule has 134 valence electrons. The number of carbonyl (C=O) groups is 1. The highest BCUT2D eigenvalue weighted by atomic mass is 16.5. The van der Waals surface area contributed by atoms with E-state index >= 15 is 0 Å². The molecule has 1 amide bonds. The summed E-state index contributed by atoms with van der Waals surface area (Å²) in [6.07, 6.45) is 7.26. The van der Waals surface area contributed by atoms with Crippen LogP contribution in [0.1, 0.15) is 53.8 Å². The third-order valence-electron chi connectivity index (χ3n) is 5.22. The Morgan fingerprint density at radius 1 is 1.24 bits per heavy atom. The van der Waals surface area contributed by atoms with Crippen molar-refractivity contribution in [2.45, 2.75) is 44.1 Å². The van der Waals surface area contributed by atoms with Crippen LogP contribution in [0.2, 0.25) is 0 Å². The van der Waals surface area contributed by atoms with Crippen molar-refractivity contribution in [1.82, 2.24) is 5.32 Å². The average molecular weight is 342 g/mol. The van der Waals surface area contributed by atoms with E-state index in [1.807, 2.05) is 12.1 Å². The van der Waals surface area contributed by atoms with Gasteiger partial charge in [0, 0.05) is 12.0 Å². The van der Waals surface area contributed by atoms with Crippen molar-refractivity contribution in [3.8, 4) is 5.75 Å². The molecule has 1 aliphatic carbocycles. The molecule has 1 aliphatic rings. The maximum atomic E-state index is 12.5. The van der Waals surface area contributed by atoms with Gasteiger partial charge in [0.15, 0.2) is 0 Å². The molecule has 0 aliphatic heterocycles. The van der Waals surface area contributed by atoms with Crippen molar-refractivity contribution in [3.63, 3.8) is 0 Å². The number of hydrogen-bond acceptors (Lipinski definition) is 4. The molecule has 5 heteroatoms. The highest BCUT2D eigenvalue weighted by molar-refractivity contribution is 5.94. The number of ether oxygens (including phenoxy) is 1. The molecule has 0 atom stereocenters. The first kappa shape index (κ1) is 17.5. The molecule has 5 nitrogen and oxygen atoms in total. The summed E-state index contributed by atoms with van der Waals surface area (Å²) < 4.78 is 10.5. The van der Waals surface area contributed by atoms with Gasteiger partial charge in [-0.3, -0.25) is 4.79 Å². The number of carbonyl (C=O) groups excluding carboxylic acids is 1. The van der Waals surface area contributed by atoms with Gasteiger partial charge in [0.1, 0.15) is 17.8 Å². The summed E-state index contributed by atoms with van der Waals surface area (Å²) in [6.45, 7) is 0.921. The van der Waals surface area contributed by atoms with Crippen molar-refractivity contribution in [3.05, 3.63) is 53.5 Å². The third-order valence-corrected chi connectivity index (χ3v) is 5.22. The quantitative estimate of drug-likeness (QED) is 0.844. The normalized spacial score (nSPS) is 16.4. The van der Waals surface area contributed by atoms with E-state index in [2.05, 4.69) is 17.4 Å². The largest absolute Gasteiger partial charge is 0.497 e. The van der Waals surface area contributed by atoms with E-state index in [1.165, 1.54) is 31.1 Å². The molecule has 3 N–H and O–H groups in total. The molecule has 0 unspecified atom stereocenters. The minimum Gasteiger partial charge on any atom is -0.497 e. The molecule has 1 heterocycles. The highest BCUT2D eigenvalue weighted by Crippen LogP contribution is 2.39. The molecule has 1 fully saturated rings. The molecule has 25 heavy (non-hydrogen) atoms. The molecule has 0 bridgehead atoms. The molecule has 3 rings (SSSR count). The summed E-state index contributed by atoms with van der Waals surface area (Å²) in [6, 6.07) is 9.95. The number of furan rings is 1.